The van der Waals surface area contributed by atoms with E-state index in [0.29, 0.717) is 0 Å². The van der Waals surface area contributed by atoms with Gasteiger partial charge in [-0.15, -0.1) is 0 Å². The number of nitrogen functional groups attached to an aromatic ring is 2. The summed E-state index contributed by atoms with van der Waals surface area (Å²) < 4.78 is 0. The fraction of sp³-hybridized carbons (Fsp3) is 0.0714. The Morgan fingerprint density at radius 2 is 1.50 bits per heavy atom. The first-order valence-corrected chi connectivity index (χ1v) is 5.66. The number of H-pyrrole nitrogens is 1. The second-order valence-corrected chi connectivity index (χ2v) is 4.04. The van der Waals surface area contributed by atoms with Gasteiger partial charge in [-0.25, -0.2) is 4.98 Å². The number of nitrogens with zero attached hydrogens (tertiary/aromatic N) is 1. The van der Waals surface area contributed by atoms with Crippen molar-refractivity contribution in [2.75, 3.05) is 11.5 Å². The summed E-state index contributed by atoms with van der Waals surface area (Å²) in [5, 5.41) is 2.26. The number of aromatic nitrogens is 2. The predicted molar refractivity (Wildman–Crippen MR) is 76.1 cm³/mol. The molecule has 4 nitrogen and oxygen atoms in total. The Bertz CT molecular complexity index is 588. The van der Waals surface area contributed by atoms with Crippen molar-refractivity contribution < 1.29 is 0 Å². The molecule has 4 heteroatoms. The minimum atomic E-state index is 0.785. The first-order chi connectivity index (χ1) is 8.65. The fourth-order valence-corrected chi connectivity index (χ4v) is 1.63. The summed E-state index contributed by atoms with van der Waals surface area (Å²) in [6.45, 7) is 1.92. The van der Waals surface area contributed by atoms with Crippen molar-refractivity contribution >= 4 is 22.1 Å². The molecule has 1 heterocycles. The van der Waals surface area contributed by atoms with Gasteiger partial charge >= 0.3 is 0 Å². The van der Waals surface area contributed by atoms with E-state index < -0.39 is 0 Å². The van der Waals surface area contributed by atoms with E-state index in [0.717, 1.165) is 28.0 Å². The van der Waals surface area contributed by atoms with Crippen LogP contribution in [0.5, 0.6) is 0 Å². The number of aromatic amines is 1. The number of anilines is 2. The van der Waals surface area contributed by atoms with Gasteiger partial charge in [-0.05, 0) is 42.0 Å². The Kier molecular flexibility index (Phi) is 3.48. The maximum absolute atomic E-state index is 5.63. The first-order valence-electron chi connectivity index (χ1n) is 5.66. The van der Waals surface area contributed by atoms with Gasteiger partial charge in [0.1, 0.15) is 5.82 Å². The summed E-state index contributed by atoms with van der Waals surface area (Å²) in [6.07, 6.45) is 3.53. The zero-order chi connectivity index (χ0) is 13.0. The number of hydrogen-bond donors (Lipinski definition) is 3. The summed E-state index contributed by atoms with van der Waals surface area (Å²) in [7, 11) is 0. The van der Waals surface area contributed by atoms with Gasteiger partial charge in [0.05, 0.1) is 0 Å². The predicted octanol–water partition coefficient (Wildman–Crippen LogP) is 2.72. The minimum Gasteiger partial charge on any atom is -0.399 e. The van der Waals surface area contributed by atoms with Gasteiger partial charge in [0.25, 0.3) is 0 Å². The van der Waals surface area contributed by atoms with Gasteiger partial charge in [0, 0.05) is 23.8 Å². The Labute approximate surface area is 106 Å². The van der Waals surface area contributed by atoms with E-state index in [1.807, 2.05) is 43.3 Å². The van der Waals surface area contributed by atoms with Crippen LogP contribution >= 0.6 is 0 Å². The molecule has 18 heavy (non-hydrogen) atoms. The smallest absolute Gasteiger partial charge is 0.102 e. The first kappa shape index (κ1) is 12.0. The highest BCUT2D eigenvalue weighted by Crippen LogP contribution is 2.19. The second-order valence-electron chi connectivity index (χ2n) is 4.04. The molecule has 0 aliphatic carbocycles. The molecule has 0 amide bonds. The van der Waals surface area contributed by atoms with Crippen LogP contribution in [0.1, 0.15) is 5.82 Å². The molecule has 2 aromatic carbocycles. The molecule has 0 bridgehead atoms. The van der Waals surface area contributed by atoms with Crippen LogP contribution in [-0.4, -0.2) is 9.97 Å². The van der Waals surface area contributed by atoms with Crippen LogP contribution in [0.2, 0.25) is 0 Å². The van der Waals surface area contributed by atoms with Crippen molar-refractivity contribution in [3.63, 3.8) is 0 Å². The molecule has 0 fully saturated rings. The zero-order valence-electron chi connectivity index (χ0n) is 10.2. The Balaban J connectivity index is 0.000000169. The number of rotatable bonds is 0. The fourth-order valence-electron chi connectivity index (χ4n) is 1.63. The van der Waals surface area contributed by atoms with Gasteiger partial charge < -0.3 is 16.5 Å². The third-order valence-electron chi connectivity index (χ3n) is 2.52. The average Bonchev–Trinajstić information content (AvgIpc) is 2.81. The third-order valence-corrected chi connectivity index (χ3v) is 2.52. The van der Waals surface area contributed by atoms with Gasteiger partial charge in [0.15, 0.2) is 0 Å². The summed E-state index contributed by atoms with van der Waals surface area (Å²) >= 11 is 0. The molecule has 1 aromatic heterocycles. The number of benzene rings is 2. The molecule has 3 rings (SSSR count). The van der Waals surface area contributed by atoms with Crippen molar-refractivity contribution in [1.82, 2.24) is 9.97 Å². The normalized spacial score (nSPS) is 9.83. The second kappa shape index (κ2) is 5.23. The lowest BCUT2D eigenvalue weighted by Gasteiger charge is -1.99. The maximum atomic E-state index is 5.63. The molecule has 0 aliphatic rings. The number of hydrogen-bond acceptors (Lipinski definition) is 3. The molecular formula is C14H16N4. The molecule has 0 unspecified atom stereocenters. The molecule has 92 valence electrons. The Morgan fingerprint density at radius 3 is 1.83 bits per heavy atom. The summed E-state index contributed by atoms with van der Waals surface area (Å²) in [5.74, 6) is 0.968. The number of nitrogens with two attached hydrogens (primary N) is 2. The lowest BCUT2D eigenvalue weighted by atomic mass is 10.1. The van der Waals surface area contributed by atoms with Crippen LogP contribution in [-0.2, 0) is 0 Å². The van der Waals surface area contributed by atoms with Crippen LogP contribution in [0.15, 0.2) is 48.8 Å². The quantitative estimate of drug-likeness (QED) is 0.528. The van der Waals surface area contributed by atoms with E-state index in [9.17, 15) is 0 Å². The largest absolute Gasteiger partial charge is 0.399 e. The van der Waals surface area contributed by atoms with Crippen molar-refractivity contribution in [2.24, 2.45) is 0 Å². The van der Waals surface area contributed by atoms with Gasteiger partial charge in [-0.2, -0.15) is 0 Å². The monoisotopic (exact) mass is 240 g/mol. The van der Waals surface area contributed by atoms with Crippen LogP contribution in [0, 0.1) is 6.92 Å². The number of fused-ring (bicyclic) bond motifs is 1. The molecule has 0 radical (unpaired) electrons. The summed E-state index contributed by atoms with van der Waals surface area (Å²) in [4.78, 5) is 6.75. The molecular weight excluding hydrogens is 224 g/mol. The lowest BCUT2D eigenvalue weighted by Crippen LogP contribution is -1.86. The molecule has 5 N–H and O–H groups in total. The minimum absolute atomic E-state index is 0.785. The molecule has 0 aliphatic heterocycles. The van der Waals surface area contributed by atoms with Crippen LogP contribution in [0.4, 0.5) is 11.4 Å². The molecule has 3 aromatic rings. The molecule has 0 spiro atoms. The number of aryl methyl sites for hydroxylation is 1. The third kappa shape index (κ3) is 3.01. The topological polar surface area (TPSA) is 80.7 Å². The highest BCUT2D eigenvalue weighted by molar-refractivity contribution is 5.87. The van der Waals surface area contributed by atoms with E-state index in [2.05, 4.69) is 9.97 Å². The van der Waals surface area contributed by atoms with E-state index in [-0.39, 0.29) is 0 Å². The van der Waals surface area contributed by atoms with Crippen molar-refractivity contribution in [1.29, 1.82) is 0 Å². The van der Waals surface area contributed by atoms with E-state index in [1.165, 1.54) is 0 Å². The van der Waals surface area contributed by atoms with Crippen molar-refractivity contribution in [3.8, 4) is 0 Å². The van der Waals surface area contributed by atoms with Crippen molar-refractivity contribution in [3.05, 3.63) is 54.6 Å². The van der Waals surface area contributed by atoms with Crippen LogP contribution in [0.3, 0.4) is 0 Å². The Hall–Kier alpha value is -2.49. The van der Waals surface area contributed by atoms with Crippen LogP contribution < -0.4 is 11.5 Å². The van der Waals surface area contributed by atoms with Gasteiger partial charge in [-0.3, -0.25) is 0 Å². The Morgan fingerprint density at radius 1 is 0.944 bits per heavy atom. The van der Waals surface area contributed by atoms with Gasteiger partial charge in [0.2, 0.25) is 0 Å². The average molecular weight is 240 g/mol. The standard InChI is InChI=1S/C10H10N2.C4H6N2/c11-9-3-1-7-5-10(12)4-2-8(7)6-9;1-4-5-2-3-6-4/h1-6H,11-12H2;2-3H,1H3,(H,5,6). The molecule has 0 saturated carbocycles. The lowest BCUT2D eigenvalue weighted by molar-refractivity contribution is 1.15. The van der Waals surface area contributed by atoms with Gasteiger partial charge in [-0.1, -0.05) is 12.1 Å². The van der Waals surface area contributed by atoms with Crippen molar-refractivity contribution in [2.45, 2.75) is 6.92 Å². The molecule has 0 saturated heterocycles. The van der Waals surface area contributed by atoms with E-state index in [4.69, 9.17) is 11.5 Å². The van der Waals surface area contributed by atoms with E-state index >= 15 is 0 Å². The highest BCUT2D eigenvalue weighted by atomic mass is 14.9. The molecule has 0 atom stereocenters. The summed E-state index contributed by atoms with van der Waals surface area (Å²) in [5.41, 5.74) is 12.8. The number of imidazole rings is 1. The highest BCUT2D eigenvalue weighted by Gasteiger charge is 1.93. The maximum Gasteiger partial charge on any atom is 0.102 e. The van der Waals surface area contributed by atoms with Crippen LogP contribution in [0.25, 0.3) is 10.8 Å². The summed E-state index contributed by atoms with van der Waals surface area (Å²) in [6, 6.07) is 11.6. The number of nitrogens with one attached hydrogen (secondary N) is 1. The van der Waals surface area contributed by atoms with E-state index in [1.54, 1.807) is 12.4 Å². The zero-order valence-corrected chi connectivity index (χ0v) is 10.2. The SMILES string of the molecule is Cc1ncc[nH]1.Nc1ccc2cc(N)ccc2c1.